The molecule has 30 heavy (non-hydrogen) atoms. The molecule has 3 rings (SSSR count). The predicted molar refractivity (Wildman–Crippen MR) is 114 cm³/mol. The summed E-state index contributed by atoms with van der Waals surface area (Å²) < 4.78 is 36.4. The highest BCUT2D eigenvalue weighted by Crippen LogP contribution is 2.50. The minimum atomic E-state index is -3.83. The number of carbonyl (C=O) groups excluding carboxylic acids is 1. The van der Waals surface area contributed by atoms with Crippen LogP contribution in [-0.4, -0.2) is 37.4 Å². The molecule has 1 aliphatic carbocycles. The van der Waals surface area contributed by atoms with Gasteiger partial charge in [-0.15, -0.1) is 0 Å². The summed E-state index contributed by atoms with van der Waals surface area (Å²) in [7, 11) is -3.83. The van der Waals surface area contributed by atoms with E-state index in [-0.39, 0.29) is 18.7 Å². The van der Waals surface area contributed by atoms with Crippen LogP contribution in [0.1, 0.15) is 58.8 Å². The summed E-state index contributed by atoms with van der Waals surface area (Å²) in [6.07, 6.45) is 5.53. The number of para-hydroxylation sites is 1. The highest BCUT2D eigenvalue weighted by Gasteiger charge is 2.51. The van der Waals surface area contributed by atoms with Crippen LogP contribution in [-0.2, 0) is 23.4 Å². The maximum Gasteiger partial charge on any atom is 0.459 e. The van der Waals surface area contributed by atoms with Gasteiger partial charge >= 0.3 is 13.7 Å². The van der Waals surface area contributed by atoms with Gasteiger partial charge in [0, 0.05) is 6.61 Å². The number of carbonyl (C=O) groups is 1. The van der Waals surface area contributed by atoms with Gasteiger partial charge in [0.2, 0.25) is 0 Å². The van der Waals surface area contributed by atoms with Crippen LogP contribution >= 0.6 is 7.75 Å². The molecule has 1 aromatic rings. The lowest BCUT2D eigenvalue weighted by Crippen LogP contribution is -2.57. The predicted octanol–water partition coefficient (Wildman–Crippen LogP) is 4.86. The van der Waals surface area contributed by atoms with Crippen molar-refractivity contribution in [3.63, 3.8) is 0 Å². The molecular formula is C22H34NO6P. The third kappa shape index (κ3) is 6.07. The third-order valence-corrected chi connectivity index (χ3v) is 7.62. The minimum absolute atomic E-state index is 0.112. The third-order valence-electron chi connectivity index (χ3n) is 5.98. The van der Waals surface area contributed by atoms with E-state index in [0.29, 0.717) is 37.7 Å². The van der Waals surface area contributed by atoms with Gasteiger partial charge in [-0.05, 0) is 50.2 Å². The van der Waals surface area contributed by atoms with Crippen LogP contribution in [0.25, 0.3) is 0 Å². The molecule has 0 bridgehead atoms. The molecule has 2 aliphatic rings. The van der Waals surface area contributed by atoms with Crippen LogP contribution in [0.3, 0.4) is 0 Å². The van der Waals surface area contributed by atoms with Crippen molar-refractivity contribution >= 4 is 13.7 Å². The minimum Gasteiger partial charge on any atom is -0.464 e. The topological polar surface area (TPSA) is 83.1 Å². The number of hydrogen-bond donors (Lipinski definition) is 1. The van der Waals surface area contributed by atoms with Crippen LogP contribution in [0, 0.1) is 5.92 Å². The highest BCUT2D eigenvalue weighted by atomic mass is 31.2. The Morgan fingerprint density at radius 2 is 1.97 bits per heavy atom. The molecule has 8 heteroatoms. The van der Waals surface area contributed by atoms with Crippen molar-refractivity contribution in [3.8, 4) is 5.75 Å². The largest absolute Gasteiger partial charge is 0.464 e. The standard InChI is InChI=1S/C22H34NO6P/c1-3-18(4-2)16-27-21(24)22(13-9-14-22)23-30(25,28-17-20-12-8-15-26-20)29-19-10-6-5-7-11-19/h5-7,10-11,18,20H,3-4,8-9,12-17H2,1-2H3,(H,23,25)/t20?,30-/m0/s1. The Morgan fingerprint density at radius 3 is 2.53 bits per heavy atom. The van der Waals surface area contributed by atoms with Crippen molar-refractivity contribution in [3.05, 3.63) is 30.3 Å². The van der Waals surface area contributed by atoms with E-state index in [0.717, 1.165) is 32.1 Å². The van der Waals surface area contributed by atoms with E-state index in [2.05, 4.69) is 18.9 Å². The van der Waals surface area contributed by atoms with Crippen LogP contribution < -0.4 is 9.61 Å². The van der Waals surface area contributed by atoms with Gasteiger partial charge in [0.05, 0.1) is 19.3 Å². The molecule has 1 aliphatic heterocycles. The Hall–Kier alpha value is -1.40. The van der Waals surface area contributed by atoms with E-state index in [4.69, 9.17) is 18.5 Å². The summed E-state index contributed by atoms with van der Waals surface area (Å²) in [6.45, 7) is 5.36. The first-order valence-electron chi connectivity index (χ1n) is 11.1. The van der Waals surface area contributed by atoms with E-state index in [1.54, 1.807) is 24.3 Å². The molecular weight excluding hydrogens is 405 g/mol. The number of benzene rings is 1. The Bertz CT molecular complexity index is 714. The highest BCUT2D eigenvalue weighted by molar-refractivity contribution is 7.52. The van der Waals surface area contributed by atoms with Crippen molar-refractivity contribution < 1.29 is 27.9 Å². The van der Waals surface area contributed by atoms with E-state index >= 15 is 0 Å². The summed E-state index contributed by atoms with van der Waals surface area (Å²) >= 11 is 0. The zero-order valence-corrected chi connectivity index (χ0v) is 18.9. The second-order valence-electron chi connectivity index (χ2n) is 8.16. The smallest absolute Gasteiger partial charge is 0.459 e. The van der Waals surface area contributed by atoms with Crippen LogP contribution in [0.5, 0.6) is 5.75 Å². The first-order chi connectivity index (χ1) is 14.5. The molecule has 1 saturated heterocycles. The Balaban J connectivity index is 1.70. The first kappa shape index (κ1) is 23.3. The molecule has 0 aromatic heterocycles. The molecule has 7 nitrogen and oxygen atoms in total. The van der Waals surface area contributed by atoms with Gasteiger partial charge < -0.3 is 14.0 Å². The van der Waals surface area contributed by atoms with Crippen molar-refractivity contribution in [2.45, 2.75) is 70.4 Å². The van der Waals surface area contributed by atoms with Crippen molar-refractivity contribution in [2.24, 2.45) is 5.92 Å². The van der Waals surface area contributed by atoms with Crippen molar-refractivity contribution in [1.82, 2.24) is 5.09 Å². The lowest BCUT2D eigenvalue weighted by Gasteiger charge is -2.41. The molecule has 1 heterocycles. The van der Waals surface area contributed by atoms with Gasteiger partial charge in [0.25, 0.3) is 0 Å². The molecule has 0 spiro atoms. The summed E-state index contributed by atoms with van der Waals surface area (Å²) in [5, 5.41) is 2.96. The number of esters is 1. The maximum absolute atomic E-state index is 13.7. The number of ether oxygens (including phenoxy) is 2. The summed E-state index contributed by atoms with van der Waals surface area (Å²) in [4.78, 5) is 12.9. The summed E-state index contributed by atoms with van der Waals surface area (Å²) in [5.74, 6) is 0.369. The fourth-order valence-corrected chi connectivity index (χ4v) is 5.43. The van der Waals surface area contributed by atoms with Gasteiger partial charge in [-0.3, -0.25) is 9.32 Å². The molecule has 0 amide bonds. The average molecular weight is 439 g/mol. The Kier molecular flexibility index (Phi) is 8.35. The molecule has 2 atom stereocenters. The average Bonchev–Trinajstić information content (AvgIpc) is 3.24. The van der Waals surface area contributed by atoms with E-state index in [1.165, 1.54) is 0 Å². The van der Waals surface area contributed by atoms with Gasteiger partial charge in [0.1, 0.15) is 11.3 Å². The lowest BCUT2D eigenvalue weighted by molar-refractivity contribution is -0.156. The number of hydrogen-bond acceptors (Lipinski definition) is 6. The molecule has 1 aromatic carbocycles. The summed E-state index contributed by atoms with van der Waals surface area (Å²) in [6, 6.07) is 8.86. The van der Waals surface area contributed by atoms with Gasteiger partial charge in [-0.1, -0.05) is 44.9 Å². The molecule has 1 saturated carbocycles. The Labute approximate surface area is 179 Å². The SMILES string of the molecule is CCC(CC)COC(=O)C1(N[P@](=O)(OCC2CCCO2)Oc2ccccc2)CCC1. The van der Waals surface area contributed by atoms with Gasteiger partial charge in [-0.2, -0.15) is 5.09 Å². The monoisotopic (exact) mass is 439 g/mol. The fraction of sp³-hybridized carbons (Fsp3) is 0.682. The van der Waals surface area contributed by atoms with E-state index < -0.39 is 13.3 Å². The number of nitrogens with one attached hydrogen (secondary N) is 1. The number of rotatable bonds is 12. The maximum atomic E-state index is 13.7. The van der Waals surface area contributed by atoms with Crippen molar-refractivity contribution in [2.75, 3.05) is 19.8 Å². The summed E-state index contributed by atoms with van der Waals surface area (Å²) in [5.41, 5.74) is -1.03. The second kappa shape index (κ2) is 10.8. The van der Waals surface area contributed by atoms with Crippen LogP contribution in [0.4, 0.5) is 0 Å². The quantitative estimate of drug-likeness (QED) is 0.368. The van der Waals surface area contributed by atoms with E-state index in [9.17, 15) is 9.36 Å². The van der Waals surface area contributed by atoms with Gasteiger partial charge in [0.15, 0.2) is 0 Å². The van der Waals surface area contributed by atoms with E-state index in [1.807, 2.05) is 6.07 Å². The molecule has 168 valence electrons. The zero-order valence-electron chi connectivity index (χ0n) is 18.0. The molecule has 1 unspecified atom stereocenters. The normalized spacial score (nSPS) is 22.3. The molecule has 1 N–H and O–H groups in total. The Morgan fingerprint density at radius 1 is 1.23 bits per heavy atom. The first-order valence-corrected chi connectivity index (χ1v) is 12.6. The van der Waals surface area contributed by atoms with Gasteiger partial charge in [-0.25, -0.2) is 4.57 Å². The molecule has 0 radical (unpaired) electrons. The van der Waals surface area contributed by atoms with Crippen LogP contribution in [0.15, 0.2) is 30.3 Å². The molecule has 2 fully saturated rings. The fourth-order valence-electron chi connectivity index (χ4n) is 3.67. The van der Waals surface area contributed by atoms with Crippen molar-refractivity contribution in [1.29, 1.82) is 0 Å². The lowest BCUT2D eigenvalue weighted by atomic mass is 9.78. The van der Waals surface area contributed by atoms with Crippen LogP contribution in [0.2, 0.25) is 0 Å². The second-order valence-corrected chi connectivity index (χ2v) is 9.82. The zero-order chi connectivity index (χ0) is 21.5.